The Morgan fingerprint density at radius 3 is 3.00 bits per heavy atom. The minimum atomic E-state index is -0.340. The second-order valence-electron chi connectivity index (χ2n) is 3.96. The summed E-state index contributed by atoms with van der Waals surface area (Å²) < 4.78 is 4.91. The zero-order chi connectivity index (χ0) is 10.4. The fraction of sp³-hybridized carbons (Fsp3) is 0.900. The largest absolute Gasteiger partial charge is 0.385 e. The highest BCUT2D eigenvalue weighted by Crippen LogP contribution is 2.18. The summed E-state index contributed by atoms with van der Waals surface area (Å²) in [5, 5.41) is 6.15. The van der Waals surface area contributed by atoms with Crippen LogP contribution in [-0.2, 0) is 9.53 Å². The monoisotopic (exact) mass is 200 g/mol. The van der Waals surface area contributed by atoms with E-state index in [4.69, 9.17) is 4.74 Å². The minimum absolute atomic E-state index is 0.117. The minimum Gasteiger partial charge on any atom is -0.385 e. The van der Waals surface area contributed by atoms with Gasteiger partial charge in [0.1, 0.15) is 0 Å². The third-order valence-corrected chi connectivity index (χ3v) is 2.68. The van der Waals surface area contributed by atoms with Gasteiger partial charge >= 0.3 is 0 Å². The SMILES string of the molecule is COCCCNC(=O)C1(C)CCCN1. The van der Waals surface area contributed by atoms with E-state index in [1.165, 1.54) is 0 Å². The topological polar surface area (TPSA) is 50.4 Å². The number of hydrogen-bond acceptors (Lipinski definition) is 3. The van der Waals surface area contributed by atoms with E-state index in [2.05, 4.69) is 10.6 Å². The van der Waals surface area contributed by atoms with Crippen molar-refractivity contribution in [1.29, 1.82) is 0 Å². The molecular formula is C10H20N2O2. The number of methoxy groups -OCH3 is 1. The Balaban J connectivity index is 2.20. The lowest BCUT2D eigenvalue weighted by Crippen LogP contribution is -2.51. The van der Waals surface area contributed by atoms with Crippen molar-refractivity contribution < 1.29 is 9.53 Å². The Hall–Kier alpha value is -0.610. The van der Waals surface area contributed by atoms with Gasteiger partial charge in [-0.05, 0) is 32.7 Å². The maximum Gasteiger partial charge on any atom is 0.240 e. The summed E-state index contributed by atoms with van der Waals surface area (Å²) in [7, 11) is 1.67. The molecule has 1 saturated heterocycles. The van der Waals surface area contributed by atoms with E-state index in [1.807, 2.05) is 6.92 Å². The quantitative estimate of drug-likeness (QED) is 0.627. The number of rotatable bonds is 5. The average Bonchev–Trinajstić information content (AvgIpc) is 2.61. The maximum absolute atomic E-state index is 11.7. The van der Waals surface area contributed by atoms with Gasteiger partial charge in [-0.25, -0.2) is 0 Å². The number of hydrogen-bond donors (Lipinski definition) is 2. The Kier molecular flexibility index (Phi) is 4.35. The summed E-state index contributed by atoms with van der Waals surface area (Å²) >= 11 is 0. The molecule has 1 atom stereocenters. The average molecular weight is 200 g/mol. The lowest BCUT2D eigenvalue weighted by atomic mass is 9.99. The molecule has 1 heterocycles. The second-order valence-corrected chi connectivity index (χ2v) is 3.96. The maximum atomic E-state index is 11.7. The first-order chi connectivity index (χ1) is 6.69. The van der Waals surface area contributed by atoms with Crippen LogP contribution < -0.4 is 10.6 Å². The third kappa shape index (κ3) is 2.96. The van der Waals surface area contributed by atoms with Crippen LogP contribution in [0.4, 0.5) is 0 Å². The van der Waals surface area contributed by atoms with Gasteiger partial charge in [-0.2, -0.15) is 0 Å². The summed E-state index contributed by atoms with van der Waals surface area (Å²) in [4.78, 5) is 11.7. The van der Waals surface area contributed by atoms with Crippen molar-refractivity contribution in [2.24, 2.45) is 0 Å². The Morgan fingerprint density at radius 1 is 1.64 bits per heavy atom. The zero-order valence-electron chi connectivity index (χ0n) is 9.06. The van der Waals surface area contributed by atoms with E-state index < -0.39 is 0 Å². The smallest absolute Gasteiger partial charge is 0.240 e. The molecule has 0 aromatic heterocycles. The van der Waals surface area contributed by atoms with Gasteiger partial charge in [0.05, 0.1) is 5.54 Å². The molecule has 0 aromatic carbocycles. The van der Waals surface area contributed by atoms with Gasteiger partial charge in [0.15, 0.2) is 0 Å². The third-order valence-electron chi connectivity index (χ3n) is 2.68. The van der Waals surface area contributed by atoms with Gasteiger partial charge in [-0.1, -0.05) is 0 Å². The molecule has 1 aliphatic rings. The fourth-order valence-corrected chi connectivity index (χ4v) is 1.70. The Labute approximate surface area is 85.4 Å². The summed E-state index contributed by atoms with van der Waals surface area (Å²) in [6.45, 7) is 4.31. The Bertz CT molecular complexity index is 189. The highest BCUT2D eigenvalue weighted by molar-refractivity contribution is 5.86. The first-order valence-electron chi connectivity index (χ1n) is 5.21. The summed E-state index contributed by atoms with van der Waals surface area (Å²) in [5.41, 5.74) is -0.340. The molecule has 1 aliphatic heterocycles. The van der Waals surface area contributed by atoms with E-state index in [1.54, 1.807) is 7.11 Å². The van der Waals surface area contributed by atoms with Crippen molar-refractivity contribution in [3.05, 3.63) is 0 Å². The van der Waals surface area contributed by atoms with Crippen LogP contribution in [0.5, 0.6) is 0 Å². The number of amides is 1. The fourth-order valence-electron chi connectivity index (χ4n) is 1.70. The molecule has 1 rings (SSSR count). The van der Waals surface area contributed by atoms with Crippen LogP contribution in [0, 0.1) is 0 Å². The predicted molar refractivity (Wildman–Crippen MR) is 55.1 cm³/mol. The standard InChI is InChI=1S/C10H20N2O2/c1-10(5-3-7-12-10)9(13)11-6-4-8-14-2/h12H,3-8H2,1-2H3,(H,11,13). The summed E-state index contributed by atoms with van der Waals surface area (Å²) in [5.74, 6) is 0.117. The normalized spacial score (nSPS) is 26.4. The molecule has 0 radical (unpaired) electrons. The van der Waals surface area contributed by atoms with Gasteiger partial charge in [0.2, 0.25) is 5.91 Å². The molecule has 0 aromatic rings. The van der Waals surface area contributed by atoms with E-state index in [-0.39, 0.29) is 11.4 Å². The molecule has 0 bridgehead atoms. The van der Waals surface area contributed by atoms with Crippen molar-refractivity contribution in [2.75, 3.05) is 26.8 Å². The molecule has 0 aliphatic carbocycles. The first kappa shape index (κ1) is 11.5. The van der Waals surface area contributed by atoms with Crippen LogP contribution in [0.25, 0.3) is 0 Å². The van der Waals surface area contributed by atoms with E-state index in [0.29, 0.717) is 13.2 Å². The molecule has 1 fully saturated rings. The van der Waals surface area contributed by atoms with Gasteiger partial charge in [-0.15, -0.1) is 0 Å². The summed E-state index contributed by atoms with van der Waals surface area (Å²) in [6.07, 6.45) is 2.89. The second kappa shape index (κ2) is 5.32. The van der Waals surface area contributed by atoms with E-state index >= 15 is 0 Å². The molecular weight excluding hydrogens is 180 g/mol. The van der Waals surface area contributed by atoms with Crippen LogP contribution in [0.2, 0.25) is 0 Å². The van der Waals surface area contributed by atoms with Gasteiger partial charge in [0.25, 0.3) is 0 Å². The molecule has 1 unspecified atom stereocenters. The molecule has 2 N–H and O–H groups in total. The van der Waals surface area contributed by atoms with Crippen LogP contribution in [0.15, 0.2) is 0 Å². The first-order valence-corrected chi connectivity index (χ1v) is 5.21. The van der Waals surface area contributed by atoms with Crippen molar-refractivity contribution >= 4 is 5.91 Å². The zero-order valence-corrected chi connectivity index (χ0v) is 9.06. The van der Waals surface area contributed by atoms with Gasteiger partial charge < -0.3 is 15.4 Å². The van der Waals surface area contributed by atoms with Crippen LogP contribution in [0.3, 0.4) is 0 Å². The number of carbonyl (C=O) groups excluding carboxylic acids is 1. The number of carbonyl (C=O) groups is 1. The highest BCUT2D eigenvalue weighted by Gasteiger charge is 2.35. The van der Waals surface area contributed by atoms with Crippen molar-refractivity contribution in [3.63, 3.8) is 0 Å². The number of nitrogens with one attached hydrogen (secondary N) is 2. The van der Waals surface area contributed by atoms with Crippen molar-refractivity contribution in [2.45, 2.75) is 31.7 Å². The van der Waals surface area contributed by atoms with Crippen LogP contribution >= 0.6 is 0 Å². The number of ether oxygens (including phenoxy) is 1. The van der Waals surface area contributed by atoms with Crippen LogP contribution in [-0.4, -0.2) is 38.3 Å². The molecule has 0 spiro atoms. The van der Waals surface area contributed by atoms with E-state index in [9.17, 15) is 4.79 Å². The van der Waals surface area contributed by atoms with Crippen molar-refractivity contribution in [1.82, 2.24) is 10.6 Å². The van der Waals surface area contributed by atoms with Gasteiger partial charge in [0, 0.05) is 20.3 Å². The molecule has 0 saturated carbocycles. The highest BCUT2D eigenvalue weighted by atomic mass is 16.5. The molecule has 4 nitrogen and oxygen atoms in total. The van der Waals surface area contributed by atoms with Crippen molar-refractivity contribution in [3.8, 4) is 0 Å². The molecule has 14 heavy (non-hydrogen) atoms. The van der Waals surface area contributed by atoms with Crippen LogP contribution in [0.1, 0.15) is 26.2 Å². The molecule has 1 amide bonds. The van der Waals surface area contributed by atoms with E-state index in [0.717, 1.165) is 25.8 Å². The summed E-state index contributed by atoms with van der Waals surface area (Å²) in [6, 6.07) is 0. The Morgan fingerprint density at radius 2 is 2.43 bits per heavy atom. The molecule has 4 heteroatoms. The lowest BCUT2D eigenvalue weighted by Gasteiger charge is -2.22. The lowest BCUT2D eigenvalue weighted by molar-refractivity contribution is -0.126. The predicted octanol–water partition coefficient (Wildman–Crippen LogP) is 0.281. The molecule has 82 valence electrons. The van der Waals surface area contributed by atoms with Gasteiger partial charge in [-0.3, -0.25) is 4.79 Å².